The van der Waals surface area contributed by atoms with Gasteiger partial charge >= 0.3 is 5.97 Å². The van der Waals surface area contributed by atoms with Crippen molar-refractivity contribution in [2.75, 3.05) is 19.7 Å². The standard InChI is InChI=1S/C21H24Cl2N4O4/c1-13-16(7-8-21(30)31-12-20(29)25-10-9-24-15(3)28)14(2)27(26-13)11-17-18(22)5-4-6-19(17)23/h4-8H,9-12H2,1-3H3,(H,24,28)(H,25,29). The first-order valence-electron chi connectivity index (χ1n) is 9.52. The summed E-state index contributed by atoms with van der Waals surface area (Å²) >= 11 is 12.5. The highest BCUT2D eigenvalue weighted by Gasteiger charge is 2.13. The number of ether oxygens (including phenoxy) is 1. The molecule has 0 bridgehead atoms. The smallest absolute Gasteiger partial charge is 0.331 e. The molecule has 0 saturated carbocycles. The lowest BCUT2D eigenvalue weighted by Crippen LogP contribution is -2.35. The average molecular weight is 467 g/mol. The molecular formula is C21H24Cl2N4O4. The summed E-state index contributed by atoms with van der Waals surface area (Å²) in [4.78, 5) is 34.3. The zero-order valence-corrected chi connectivity index (χ0v) is 19.0. The highest BCUT2D eigenvalue weighted by Crippen LogP contribution is 2.26. The lowest BCUT2D eigenvalue weighted by molar-refractivity contribution is -0.143. The summed E-state index contributed by atoms with van der Waals surface area (Å²) in [6.45, 7) is 5.61. The highest BCUT2D eigenvalue weighted by atomic mass is 35.5. The Hall–Kier alpha value is -2.84. The van der Waals surface area contributed by atoms with Gasteiger partial charge in [-0.25, -0.2) is 4.79 Å². The second-order valence-corrected chi connectivity index (χ2v) is 7.53. The van der Waals surface area contributed by atoms with Crippen molar-refractivity contribution in [3.63, 3.8) is 0 Å². The quantitative estimate of drug-likeness (QED) is 0.336. The van der Waals surface area contributed by atoms with Gasteiger partial charge in [-0.1, -0.05) is 29.3 Å². The number of amides is 2. The Morgan fingerprint density at radius 1 is 1.13 bits per heavy atom. The molecule has 2 rings (SSSR count). The molecule has 0 fully saturated rings. The predicted molar refractivity (Wildman–Crippen MR) is 119 cm³/mol. The number of hydrogen-bond acceptors (Lipinski definition) is 5. The largest absolute Gasteiger partial charge is 0.452 e. The number of aromatic nitrogens is 2. The molecule has 2 amide bonds. The number of carbonyl (C=O) groups is 3. The maximum atomic E-state index is 11.9. The van der Waals surface area contributed by atoms with Gasteiger partial charge in [0.05, 0.1) is 12.2 Å². The second-order valence-electron chi connectivity index (χ2n) is 6.72. The van der Waals surface area contributed by atoms with Crippen molar-refractivity contribution in [2.45, 2.75) is 27.3 Å². The van der Waals surface area contributed by atoms with Crippen molar-refractivity contribution in [3.8, 4) is 0 Å². The van der Waals surface area contributed by atoms with Crippen LogP contribution in [0, 0.1) is 13.8 Å². The van der Waals surface area contributed by atoms with Gasteiger partial charge in [-0.05, 0) is 32.1 Å². The van der Waals surface area contributed by atoms with Gasteiger partial charge < -0.3 is 15.4 Å². The summed E-state index contributed by atoms with van der Waals surface area (Å²) in [5.41, 5.74) is 3.07. The third kappa shape index (κ3) is 7.41. The Bertz CT molecular complexity index is 981. The van der Waals surface area contributed by atoms with Crippen molar-refractivity contribution in [1.82, 2.24) is 20.4 Å². The highest BCUT2D eigenvalue weighted by molar-refractivity contribution is 6.35. The maximum absolute atomic E-state index is 11.9. The second kappa shape index (κ2) is 11.5. The van der Waals surface area contributed by atoms with Crippen LogP contribution in [0.4, 0.5) is 0 Å². The minimum atomic E-state index is -0.655. The normalized spacial score (nSPS) is 10.9. The number of esters is 1. The number of rotatable bonds is 9. The third-order valence-corrected chi connectivity index (χ3v) is 5.07. The van der Waals surface area contributed by atoms with Crippen LogP contribution in [-0.2, 0) is 25.7 Å². The zero-order chi connectivity index (χ0) is 23.0. The topological polar surface area (TPSA) is 102 Å². The van der Waals surface area contributed by atoms with E-state index in [4.69, 9.17) is 27.9 Å². The first-order valence-corrected chi connectivity index (χ1v) is 10.3. The minimum Gasteiger partial charge on any atom is -0.452 e. The van der Waals surface area contributed by atoms with Gasteiger partial charge in [-0.2, -0.15) is 5.10 Å². The van der Waals surface area contributed by atoms with E-state index in [2.05, 4.69) is 15.7 Å². The van der Waals surface area contributed by atoms with E-state index in [1.165, 1.54) is 13.0 Å². The number of nitrogens with zero attached hydrogens (tertiary/aromatic N) is 2. The number of nitrogens with one attached hydrogen (secondary N) is 2. The maximum Gasteiger partial charge on any atom is 0.331 e. The molecule has 0 spiro atoms. The molecule has 0 atom stereocenters. The SMILES string of the molecule is CC(=O)NCCNC(=O)COC(=O)C=Cc1c(C)nn(Cc2c(Cl)cccc2Cl)c1C. The molecule has 1 aromatic heterocycles. The van der Waals surface area contributed by atoms with Crippen LogP contribution in [0.25, 0.3) is 6.08 Å². The van der Waals surface area contributed by atoms with Crippen LogP contribution < -0.4 is 10.6 Å². The summed E-state index contributed by atoms with van der Waals surface area (Å²) < 4.78 is 6.69. The van der Waals surface area contributed by atoms with Crippen LogP contribution >= 0.6 is 23.2 Å². The molecule has 2 N–H and O–H groups in total. The van der Waals surface area contributed by atoms with Crippen molar-refractivity contribution in [2.24, 2.45) is 0 Å². The molecular weight excluding hydrogens is 443 g/mol. The number of carbonyl (C=O) groups excluding carboxylic acids is 3. The lowest BCUT2D eigenvalue weighted by atomic mass is 10.1. The number of aryl methyl sites for hydroxylation is 1. The fourth-order valence-electron chi connectivity index (χ4n) is 2.77. The van der Waals surface area contributed by atoms with E-state index in [0.717, 1.165) is 22.5 Å². The van der Waals surface area contributed by atoms with E-state index >= 15 is 0 Å². The van der Waals surface area contributed by atoms with E-state index in [1.807, 2.05) is 13.8 Å². The Morgan fingerprint density at radius 2 is 1.77 bits per heavy atom. The van der Waals surface area contributed by atoms with Crippen LogP contribution in [-0.4, -0.2) is 47.3 Å². The van der Waals surface area contributed by atoms with E-state index in [1.54, 1.807) is 29.0 Å². The van der Waals surface area contributed by atoms with Crippen LogP contribution in [0.2, 0.25) is 10.0 Å². The molecule has 0 aliphatic rings. The molecule has 0 aliphatic carbocycles. The van der Waals surface area contributed by atoms with Gasteiger partial charge in [0, 0.05) is 53.0 Å². The van der Waals surface area contributed by atoms with Crippen LogP contribution in [0.5, 0.6) is 0 Å². The molecule has 10 heteroatoms. The Kier molecular flexibility index (Phi) is 9.08. The van der Waals surface area contributed by atoms with Crippen molar-refractivity contribution in [3.05, 3.63) is 56.8 Å². The van der Waals surface area contributed by atoms with E-state index < -0.39 is 18.5 Å². The van der Waals surface area contributed by atoms with Gasteiger partial charge in [0.15, 0.2) is 6.61 Å². The molecule has 1 aromatic carbocycles. The molecule has 0 saturated heterocycles. The van der Waals surface area contributed by atoms with Gasteiger partial charge in [0.1, 0.15) is 0 Å². The number of halogens is 2. The van der Waals surface area contributed by atoms with E-state index in [9.17, 15) is 14.4 Å². The zero-order valence-electron chi connectivity index (χ0n) is 17.5. The van der Waals surface area contributed by atoms with E-state index in [-0.39, 0.29) is 12.5 Å². The first-order chi connectivity index (χ1) is 14.7. The van der Waals surface area contributed by atoms with Crippen LogP contribution in [0.15, 0.2) is 24.3 Å². The van der Waals surface area contributed by atoms with Crippen molar-refractivity contribution >= 4 is 47.1 Å². The number of hydrogen-bond donors (Lipinski definition) is 2. The van der Waals surface area contributed by atoms with E-state index in [0.29, 0.717) is 23.1 Å². The molecule has 31 heavy (non-hydrogen) atoms. The molecule has 2 aromatic rings. The Morgan fingerprint density at radius 3 is 2.42 bits per heavy atom. The van der Waals surface area contributed by atoms with Gasteiger partial charge in [0.25, 0.3) is 5.91 Å². The van der Waals surface area contributed by atoms with Gasteiger partial charge in [-0.15, -0.1) is 0 Å². The minimum absolute atomic E-state index is 0.185. The first kappa shape index (κ1) is 24.4. The van der Waals surface area contributed by atoms with Crippen molar-refractivity contribution < 1.29 is 19.1 Å². The van der Waals surface area contributed by atoms with Crippen molar-refractivity contribution in [1.29, 1.82) is 0 Å². The predicted octanol–water partition coefficient (Wildman–Crippen LogP) is 2.66. The summed E-state index contributed by atoms with van der Waals surface area (Å²) in [6, 6.07) is 5.31. The average Bonchev–Trinajstić information content (AvgIpc) is 2.97. The summed E-state index contributed by atoms with van der Waals surface area (Å²) in [7, 11) is 0. The molecule has 0 radical (unpaired) electrons. The molecule has 0 unspecified atom stereocenters. The fraction of sp³-hybridized carbons (Fsp3) is 0.333. The molecule has 166 valence electrons. The van der Waals surface area contributed by atoms with Gasteiger partial charge in [-0.3, -0.25) is 14.3 Å². The summed E-state index contributed by atoms with van der Waals surface area (Å²) in [5.74, 6) is -1.30. The number of benzene rings is 1. The Labute approximate surface area is 190 Å². The fourth-order valence-corrected chi connectivity index (χ4v) is 3.28. The third-order valence-electron chi connectivity index (χ3n) is 4.36. The van der Waals surface area contributed by atoms with Crippen LogP contribution in [0.3, 0.4) is 0 Å². The Balaban J connectivity index is 1.93. The molecule has 8 nitrogen and oxygen atoms in total. The monoisotopic (exact) mass is 466 g/mol. The van der Waals surface area contributed by atoms with Crippen LogP contribution in [0.1, 0.15) is 29.4 Å². The molecule has 1 heterocycles. The summed E-state index contributed by atoms with van der Waals surface area (Å²) in [5, 5.41) is 10.7. The van der Waals surface area contributed by atoms with Gasteiger partial charge in [0.2, 0.25) is 5.91 Å². The lowest BCUT2D eigenvalue weighted by Gasteiger charge is -2.09. The summed E-state index contributed by atoms with van der Waals surface area (Å²) in [6.07, 6.45) is 2.84. The molecule has 0 aliphatic heterocycles.